The molecule has 0 bridgehead atoms. The molecule has 3 rings (SSSR count). The zero-order valence-electron chi connectivity index (χ0n) is 7.26. The van der Waals surface area contributed by atoms with Crippen molar-refractivity contribution in [2.24, 2.45) is 5.92 Å². The van der Waals surface area contributed by atoms with E-state index in [0.29, 0.717) is 5.41 Å². The molecule has 12 heavy (non-hydrogen) atoms. The van der Waals surface area contributed by atoms with Crippen LogP contribution in [0.1, 0.15) is 17.9 Å². The van der Waals surface area contributed by atoms with Crippen LogP contribution in [0.15, 0.2) is 16.5 Å². The minimum atomic E-state index is 0.397. The third kappa shape index (κ3) is 0.686. The third-order valence-corrected chi connectivity index (χ3v) is 3.29. The highest BCUT2D eigenvalue weighted by Crippen LogP contribution is 2.56. The Morgan fingerprint density at radius 2 is 2.50 bits per heavy atom. The molecule has 1 N–H and O–H groups in total. The van der Waals surface area contributed by atoms with Crippen LogP contribution in [0.5, 0.6) is 0 Å². The lowest BCUT2D eigenvalue weighted by molar-refractivity contribution is 0.433. The number of aryl methyl sites for hydroxylation is 1. The van der Waals surface area contributed by atoms with Crippen molar-refractivity contribution in [2.75, 3.05) is 13.1 Å². The first-order valence-electron chi connectivity index (χ1n) is 4.59. The lowest BCUT2D eigenvalue weighted by atomic mass is 10.0. The summed E-state index contributed by atoms with van der Waals surface area (Å²) >= 11 is 0. The SMILES string of the molecule is Cc1ccc(C23CNCC2C3)o1. The maximum atomic E-state index is 5.67. The van der Waals surface area contributed by atoms with Crippen LogP contribution in [0.25, 0.3) is 0 Å². The molecule has 1 saturated carbocycles. The Balaban J connectivity index is 1.99. The van der Waals surface area contributed by atoms with Gasteiger partial charge in [-0.1, -0.05) is 0 Å². The van der Waals surface area contributed by atoms with Gasteiger partial charge in [-0.25, -0.2) is 0 Å². The van der Waals surface area contributed by atoms with Gasteiger partial charge < -0.3 is 9.73 Å². The van der Waals surface area contributed by atoms with Gasteiger partial charge in [0, 0.05) is 12.0 Å². The zero-order valence-corrected chi connectivity index (χ0v) is 7.26. The van der Waals surface area contributed by atoms with Crippen LogP contribution < -0.4 is 5.32 Å². The molecule has 0 aromatic carbocycles. The quantitative estimate of drug-likeness (QED) is 0.677. The molecule has 2 heterocycles. The molecule has 2 nitrogen and oxygen atoms in total. The van der Waals surface area contributed by atoms with E-state index in [9.17, 15) is 0 Å². The van der Waals surface area contributed by atoms with Gasteiger partial charge in [0.05, 0.1) is 0 Å². The summed E-state index contributed by atoms with van der Waals surface area (Å²) in [6, 6.07) is 4.21. The molecule has 1 saturated heterocycles. The van der Waals surface area contributed by atoms with Gasteiger partial charge in [-0.3, -0.25) is 0 Å². The van der Waals surface area contributed by atoms with Crippen LogP contribution in [-0.4, -0.2) is 13.1 Å². The maximum absolute atomic E-state index is 5.67. The van der Waals surface area contributed by atoms with E-state index in [-0.39, 0.29) is 0 Å². The summed E-state index contributed by atoms with van der Waals surface area (Å²) in [4.78, 5) is 0. The molecule has 2 aliphatic rings. The third-order valence-electron chi connectivity index (χ3n) is 3.29. The summed E-state index contributed by atoms with van der Waals surface area (Å²) in [5, 5.41) is 3.41. The Morgan fingerprint density at radius 3 is 3.00 bits per heavy atom. The Hall–Kier alpha value is -0.760. The summed E-state index contributed by atoms with van der Waals surface area (Å²) in [6.45, 7) is 4.31. The van der Waals surface area contributed by atoms with Crippen LogP contribution in [0, 0.1) is 12.8 Å². The molecule has 64 valence electrons. The average molecular weight is 163 g/mol. The van der Waals surface area contributed by atoms with Crippen molar-refractivity contribution >= 4 is 0 Å². The van der Waals surface area contributed by atoms with Gasteiger partial charge in [-0.15, -0.1) is 0 Å². The lowest BCUT2D eigenvalue weighted by Crippen LogP contribution is -2.18. The highest BCUT2D eigenvalue weighted by molar-refractivity contribution is 5.30. The second-order valence-corrected chi connectivity index (χ2v) is 4.10. The van der Waals surface area contributed by atoms with Crippen molar-refractivity contribution in [1.29, 1.82) is 0 Å². The molecule has 1 aliphatic heterocycles. The molecule has 1 aromatic heterocycles. The van der Waals surface area contributed by atoms with E-state index < -0.39 is 0 Å². The minimum Gasteiger partial charge on any atom is -0.466 e. The van der Waals surface area contributed by atoms with E-state index in [1.54, 1.807) is 0 Å². The number of nitrogens with one attached hydrogen (secondary N) is 1. The first-order chi connectivity index (χ1) is 5.81. The predicted molar refractivity (Wildman–Crippen MR) is 46.1 cm³/mol. The second-order valence-electron chi connectivity index (χ2n) is 4.10. The predicted octanol–water partition coefficient (Wildman–Crippen LogP) is 1.45. The van der Waals surface area contributed by atoms with E-state index in [4.69, 9.17) is 4.42 Å². The fourth-order valence-electron chi connectivity index (χ4n) is 2.43. The molecule has 0 spiro atoms. The van der Waals surface area contributed by atoms with Crippen LogP contribution in [0.4, 0.5) is 0 Å². The van der Waals surface area contributed by atoms with E-state index in [1.165, 1.54) is 18.7 Å². The number of furan rings is 1. The highest BCUT2D eigenvalue weighted by Gasteiger charge is 2.60. The molecular weight excluding hydrogens is 150 g/mol. The molecular formula is C10H13NO. The summed E-state index contributed by atoms with van der Waals surface area (Å²) in [5.74, 6) is 3.09. The van der Waals surface area contributed by atoms with Crippen molar-refractivity contribution < 1.29 is 4.42 Å². The number of piperidine rings is 1. The fraction of sp³-hybridized carbons (Fsp3) is 0.600. The second kappa shape index (κ2) is 1.94. The minimum absolute atomic E-state index is 0.397. The number of hydrogen-bond donors (Lipinski definition) is 1. The Kier molecular flexibility index (Phi) is 1.09. The van der Waals surface area contributed by atoms with Gasteiger partial charge in [0.1, 0.15) is 11.5 Å². The van der Waals surface area contributed by atoms with Crippen LogP contribution >= 0.6 is 0 Å². The normalized spacial score (nSPS) is 38.2. The molecule has 0 amide bonds. The molecule has 2 fully saturated rings. The largest absolute Gasteiger partial charge is 0.466 e. The summed E-state index contributed by atoms with van der Waals surface area (Å²) in [7, 11) is 0. The van der Waals surface area contributed by atoms with E-state index >= 15 is 0 Å². The van der Waals surface area contributed by atoms with Gasteiger partial charge in [0.15, 0.2) is 0 Å². The van der Waals surface area contributed by atoms with Gasteiger partial charge in [0.2, 0.25) is 0 Å². The smallest absolute Gasteiger partial charge is 0.111 e. The van der Waals surface area contributed by atoms with Crippen molar-refractivity contribution in [3.8, 4) is 0 Å². The van der Waals surface area contributed by atoms with Gasteiger partial charge in [0.25, 0.3) is 0 Å². The number of fused-ring (bicyclic) bond motifs is 1. The van der Waals surface area contributed by atoms with Crippen LogP contribution in [0.3, 0.4) is 0 Å². The Bertz CT molecular complexity index is 317. The average Bonchev–Trinajstić information content (AvgIpc) is 2.50. The van der Waals surface area contributed by atoms with E-state index in [2.05, 4.69) is 17.4 Å². The van der Waals surface area contributed by atoms with Crippen LogP contribution in [-0.2, 0) is 5.41 Å². The zero-order chi connectivity index (χ0) is 8.18. The van der Waals surface area contributed by atoms with Gasteiger partial charge in [-0.05, 0) is 37.9 Å². The van der Waals surface area contributed by atoms with Gasteiger partial charge >= 0.3 is 0 Å². The first-order valence-corrected chi connectivity index (χ1v) is 4.59. The number of rotatable bonds is 1. The Labute approximate surface area is 72.0 Å². The topological polar surface area (TPSA) is 25.2 Å². The fourth-order valence-corrected chi connectivity index (χ4v) is 2.43. The number of hydrogen-bond acceptors (Lipinski definition) is 2. The van der Waals surface area contributed by atoms with E-state index in [1.807, 2.05) is 6.92 Å². The summed E-state index contributed by atoms with van der Waals surface area (Å²) in [5.41, 5.74) is 0.397. The van der Waals surface area contributed by atoms with Crippen molar-refractivity contribution in [3.63, 3.8) is 0 Å². The summed E-state index contributed by atoms with van der Waals surface area (Å²) < 4.78 is 5.67. The van der Waals surface area contributed by atoms with Crippen molar-refractivity contribution in [2.45, 2.75) is 18.8 Å². The molecule has 0 radical (unpaired) electrons. The molecule has 2 atom stereocenters. The van der Waals surface area contributed by atoms with Crippen molar-refractivity contribution in [1.82, 2.24) is 5.32 Å². The van der Waals surface area contributed by atoms with Crippen molar-refractivity contribution in [3.05, 3.63) is 23.7 Å². The standard InChI is InChI=1S/C10H13NO/c1-7-2-3-9(12-7)10-4-8(10)5-11-6-10/h2-3,8,11H,4-6H2,1H3. The lowest BCUT2D eigenvalue weighted by Gasteiger charge is -2.06. The molecule has 1 aromatic rings. The molecule has 1 aliphatic carbocycles. The monoisotopic (exact) mass is 163 g/mol. The highest BCUT2D eigenvalue weighted by atomic mass is 16.3. The van der Waals surface area contributed by atoms with Gasteiger partial charge in [-0.2, -0.15) is 0 Å². The van der Waals surface area contributed by atoms with Crippen LogP contribution in [0.2, 0.25) is 0 Å². The van der Waals surface area contributed by atoms with E-state index in [0.717, 1.165) is 18.2 Å². The molecule has 2 unspecified atom stereocenters. The first kappa shape index (κ1) is 6.72. The maximum Gasteiger partial charge on any atom is 0.111 e. The summed E-state index contributed by atoms with van der Waals surface area (Å²) in [6.07, 6.45) is 1.33. The molecule has 2 heteroatoms. The Morgan fingerprint density at radius 1 is 1.58 bits per heavy atom.